The van der Waals surface area contributed by atoms with Crippen molar-refractivity contribution in [1.29, 1.82) is 0 Å². The van der Waals surface area contributed by atoms with E-state index in [0.29, 0.717) is 11.8 Å². The highest BCUT2D eigenvalue weighted by molar-refractivity contribution is 4.86. The van der Waals surface area contributed by atoms with E-state index in [1.54, 1.807) is 0 Å². The topological polar surface area (TPSA) is 23.5 Å². The summed E-state index contributed by atoms with van der Waals surface area (Å²) in [5.74, 6) is 1.68. The summed E-state index contributed by atoms with van der Waals surface area (Å²) in [6.07, 6.45) is -0.0941. The van der Waals surface area contributed by atoms with E-state index in [4.69, 9.17) is 0 Å². The SMILES string of the molecule is CC(C)CN1CC(C(O)C(C)C)C1. The maximum absolute atomic E-state index is 9.77. The zero-order valence-corrected chi connectivity index (χ0v) is 9.33. The first-order valence-corrected chi connectivity index (χ1v) is 5.41. The molecule has 1 atom stereocenters. The third-order valence-electron chi connectivity index (χ3n) is 2.77. The Morgan fingerprint density at radius 2 is 1.77 bits per heavy atom. The van der Waals surface area contributed by atoms with E-state index in [2.05, 4.69) is 32.6 Å². The van der Waals surface area contributed by atoms with Gasteiger partial charge in [0.2, 0.25) is 0 Å². The van der Waals surface area contributed by atoms with Crippen molar-refractivity contribution in [3.05, 3.63) is 0 Å². The van der Waals surface area contributed by atoms with Gasteiger partial charge >= 0.3 is 0 Å². The Balaban J connectivity index is 2.18. The van der Waals surface area contributed by atoms with Gasteiger partial charge in [0.05, 0.1) is 6.10 Å². The molecule has 1 aliphatic rings. The monoisotopic (exact) mass is 185 g/mol. The summed E-state index contributed by atoms with van der Waals surface area (Å²) in [6.45, 7) is 12.0. The van der Waals surface area contributed by atoms with Crippen LogP contribution in [0.2, 0.25) is 0 Å². The third kappa shape index (κ3) is 2.96. The first-order chi connectivity index (χ1) is 6.00. The molecule has 1 fully saturated rings. The Morgan fingerprint density at radius 1 is 1.23 bits per heavy atom. The number of likely N-dealkylation sites (tertiary alicyclic amines) is 1. The zero-order chi connectivity index (χ0) is 10.0. The predicted molar refractivity (Wildman–Crippen MR) is 55.6 cm³/mol. The maximum Gasteiger partial charge on any atom is 0.0615 e. The molecule has 0 saturated carbocycles. The molecule has 13 heavy (non-hydrogen) atoms. The maximum atomic E-state index is 9.77. The Labute approximate surface area is 81.9 Å². The molecule has 2 heteroatoms. The van der Waals surface area contributed by atoms with E-state index in [0.717, 1.165) is 19.0 Å². The lowest BCUT2D eigenvalue weighted by Crippen LogP contribution is -2.53. The molecule has 0 amide bonds. The summed E-state index contributed by atoms with van der Waals surface area (Å²) in [5, 5.41) is 9.77. The van der Waals surface area contributed by atoms with Gasteiger partial charge in [-0.3, -0.25) is 0 Å². The highest BCUT2D eigenvalue weighted by atomic mass is 16.3. The lowest BCUT2D eigenvalue weighted by molar-refractivity contribution is -0.0303. The van der Waals surface area contributed by atoms with Crippen molar-refractivity contribution in [2.75, 3.05) is 19.6 Å². The Morgan fingerprint density at radius 3 is 2.15 bits per heavy atom. The number of aliphatic hydroxyl groups is 1. The zero-order valence-electron chi connectivity index (χ0n) is 9.33. The standard InChI is InChI=1S/C11H23NO/c1-8(2)5-12-6-10(7-12)11(13)9(3)4/h8-11,13H,5-7H2,1-4H3. The Hall–Kier alpha value is -0.0800. The molecule has 0 aliphatic carbocycles. The van der Waals surface area contributed by atoms with Gasteiger partial charge in [0.1, 0.15) is 0 Å². The number of nitrogens with zero attached hydrogens (tertiary/aromatic N) is 1. The molecule has 78 valence electrons. The van der Waals surface area contributed by atoms with E-state index in [-0.39, 0.29) is 6.10 Å². The van der Waals surface area contributed by atoms with Gasteiger partial charge in [-0.25, -0.2) is 0 Å². The summed E-state index contributed by atoms with van der Waals surface area (Å²) in [4.78, 5) is 2.43. The van der Waals surface area contributed by atoms with Crippen molar-refractivity contribution in [2.45, 2.75) is 33.8 Å². The van der Waals surface area contributed by atoms with E-state index in [1.165, 1.54) is 6.54 Å². The fraction of sp³-hybridized carbons (Fsp3) is 1.00. The average molecular weight is 185 g/mol. The van der Waals surface area contributed by atoms with Gasteiger partial charge in [0, 0.05) is 25.6 Å². The molecule has 0 spiro atoms. The lowest BCUT2D eigenvalue weighted by atomic mass is 9.87. The molecule has 0 bridgehead atoms. The Kier molecular flexibility index (Phi) is 3.74. The normalized spacial score (nSPS) is 22.4. The van der Waals surface area contributed by atoms with E-state index >= 15 is 0 Å². The fourth-order valence-electron chi connectivity index (χ4n) is 2.04. The van der Waals surface area contributed by atoms with Gasteiger partial charge in [0.25, 0.3) is 0 Å². The number of hydrogen-bond acceptors (Lipinski definition) is 2. The van der Waals surface area contributed by atoms with Gasteiger partial charge in [0.15, 0.2) is 0 Å². The molecule has 1 aliphatic heterocycles. The van der Waals surface area contributed by atoms with Crippen LogP contribution in [0.15, 0.2) is 0 Å². The van der Waals surface area contributed by atoms with Gasteiger partial charge in [-0.1, -0.05) is 27.7 Å². The second kappa shape index (κ2) is 4.43. The summed E-state index contributed by atoms with van der Waals surface area (Å²) in [5.41, 5.74) is 0. The minimum absolute atomic E-state index is 0.0941. The lowest BCUT2D eigenvalue weighted by Gasteiger charge is -2.43. The summed E-state index contributed by atoms with van der Waals surface area (Å²) < 4.78 is 0. The van der Waals surface area contributed by atoms with Crippen molar-refractivity contribution in [3.8, 4) is 0 Å². The van der Waals surface area contributed by atoms with Crippen LogP contribution in [0.1, 0.15) is 27.7 Å². The quantitative estimate of drug-likeness (QED) is 0.719. The second-order valence-corrected chi connectivity index (χ2v) is 5.11. The number of hydrogen-bond donors (Lipinski definition) is 1. The van der Waals surface area contributed by atoms with Crippen LogP contribution in [0.25, 0.3) is 0 Å². The summed E-state index contributed by atoms with van der Waals surface area (Å²) in [7, 11) is 0. The molecular formula is C11H23NO. The van der Waals surface area contributed by atoms with Crippen LogP contribution < -0.4 is 0 Å². The summed E-state index contributed by atoms with van der Waals surface area (Å²) in [6, 6.07) is 0. The molecule has 0 aromatic carbocycles. The van der Waals surface area contributed by atoms with Crippen molar-refractivity contribution >= 4 is 0 Å². The minimum atomic E-state index is -0.0941. The molecular weight excluding hydrogens is 162 g/mol. The van der Waals surface area contributed by atoms with Crippen LogP contribution in [0.5, 0.6) is 0 Å². The predicted octanol–water partition coefficient (Wildman–Crippen LogP) is 1.59. The van der Waals surface area contributed by atoms with Crippen LogP contribution in [-0.4, -0.2) is 35.7 Å². The van der Waals surface area contributed by atoms with Gasteiger partial charge in [-0.15, -0.1) is 0 Å². The largest absolute Gasteiger partial charge is 0.392 e. The Bertz CT molecular complexity index is 150. The van der Waals surface area contributed by atoms with Crippen LogP contribution in [0.3, 0.4) is 0 Å². The average Bonchev–Trinajstić information content (AvgIpc) is 1.94. The molecule has 0 radical (unpaired) electrons. The minimum Gasteiger partial charge on any atom is -0.392 e. The molecule has 1 saturated heterocycles. The second-order valence-electron chi connectivity index (χ2n) is 5.11. The molecule has 0 aromatic heterocycles. The third-order valence-corrected chi connectivity index (χ3v) is 2.77. The molecule has 1 N–H and O–H groups in total. The van der Waals surface area contributed by atoms with Gasteiger partial charge in [-0.2, -0.15) is 0 Å². The molecule has 2 nitrogen and oxygen atoms in total. The van der Waals surface area contributed by atoms with Crippen LogP contribution in [0.4, 0.5) is 0 Å². The molecule has 1 rings (SSSR count). The smallest absolute Gasteiger partial charge is 0.0615 e. The van der Waals surface area contributed by atoms with Crippen molar-refractivity contribution in [3.63, 3.8) is 0 Å². The molecule has 1 unspecified atom stereocenters. The number of aliphatic hydroxyl groups excluding tert-OH is 1. The van der Waals surface area contributed by atoms with Crippen molar-refractivity contribution in [1.82, 2.24) is 4.90 Å². The van der Waals surface area contributed by atoms with Crippen molar-refractivity contribution < 1.29 is 5.11 Å². The van der Waals surface area contributed by atoms with E-state index < -0.39 is 0 Å². The van der Waals surface area contributed by atoms with Crippen molar-refractivity contribution in [2.24, 2.45) is 17.8 Å². The molecule has 1 heterocycles. The molecule has 0 aromatic rings. The number of rotatable bonds is 4. The van der Waals surface area contributed by atoms with Crippen LogP contribution in [0, 0.1) is 17.8 Å². The fourth-order valence-corrected chi connectivity index (χ4v) is 2.04. The van der Waals surface area contributed by atoms with E-state index in [1.807, 2.05) is 0 Å². The van der Waals surface area contributed by atoms with Gasteiger partial charge < -0.3 is 10.0 Å². The first-order valence-electron chi connectivity index (χ1n) is 5.41. The van der Waals surface area contributed by atoms with Gasteiger partial charge in [-0.05, 0) is 11.8 Å². The highest BCUT2D eigenvalue weighted by Crippen LogP contribution is 2.24. The van der Waals surface area contributed by atoms with Crippen LogP contribution >= 0.6 is 0 Å². The highest BCUT2D eigenvalue weighted by Gasteiger charge is 2.33. The van der Waals surface area contributed by atoms with E-state index in [9.17, 15) is 5.11 Å². The summed E-state index contributed by atoms with van der Waals surface area (Å²) >= 11 is 0. The first kappa shape index (κ1) is 11.0. The van der Waals surface area contributed by atoms with Crippen LogP contribution in [-0.2, 0) is 0 Å².